The molecule has 1 heterocycles. The largest absolute Gasteiger partial charge is 0.416 e. The summed E-state index contributed by atoms with van der Waals surface area (Å²) in [6, 6.07) is 4.29. The number of rotatable bonds is 5. The minimum absolute atomic E-state index is 0.226. The molecule has 0 unspecified atom stereocenters. The molecular weight excluding hydrogens is 279 g/mol. The van der Waals surface area contributed by atoms with Crippen molar-refractivity contribution in [3.63, 3.8) is 0 Å². The average Bonchev–Trinajstić information content (AvgIpc) is 2.84. The molecule has 0 bridgehead atoms. The van der Waals surface area contributed by atoms with Gasteiger partial charge in [-0.2, -0.15) is 13.2 Å². The quantitative estimate of drug-likeness (QED) is 0.895. The molecule has 0 radical (unpaired) electrons. The number of aryl methyl sites for hydroxylation is 2. The molecule has 2 rings (SSSR count). The Hall–Kier alpha value is -1.98. The predicted octanol–water partition coefficient (Wildman–Crippen LogP) is 4.23. The Balaban J connectivity index is 2.12. The van der Waals surface area contributed by atoms with Crippen LogP contribution in [0.15, 0.2) is 30.7 Å². The van der Waals surface area contributed by atoms with Crippen LogP contribution in [0.4, 0.5) is 18.9 Å². The van der Waals surface area contributed by atoms with E-state index in [0.717, 1.165) is 24.7 Å². The van der Waals surface area contributed by atoms with Crippen molar-refractivity contribution >= 4 is 5.69 Å². The van der Waals surface area contributed by atoms with E-state index < -0.39 is 11.7 Å². The van der Waals surface area contributed by atoms with E-state index in [0.29, 0.717) is 12.2 Å². The number of hydrogen-bond donors (Lipinski definition) is 1. The molecule has 0 fully saturated rings. The number of halogens is 3. The predicted molar refractivity (Wildman–Crippen MR) is 76.0 cm³/mol. The van der Waals surface area contributed by atoms with Gasteiger partial charge in [0, 0.05) is 18.4 Å². The standard InChI is InChI=1S/C15H18F3N3/c1-3-6-21-10-19-8-13(21)9-20-12-5-4-11(2)14(7-12)15(16,17)18/h4-5,7-8,10,20H,3,6,9H2,1-2H3. The second kappa shape index (κ2) is 6.20. The van der Waals surface area contributed by atoms with Gasteiger partial charge in [0.25, 0.3) is 0 Å². The van der Waals surface area contributed by atoms with Gasteiger partial charge in [-0.05, 0) is 31.0 Å². The molecule has 0 amide bonds. The zero-order chi connectivity index (χ0) is 15.5. The van der Waals surface area contributed by atoms with Gasteiger partial charge in [0.1, 0.15) is 0 Å². The lowest BCUT2D eigenvalue weighted by Crippen LogP contribution is -2.10. The van der Waals surface area contributed by atoms with E-state index in [1.165, 1.54) is 13.0 Å². The minimum atomic E-state index is -4.33. The highest BCUT2D eigenvalue weighted by atomic mass is 19.4. The molecule has 0 aliphatic carbocycles. The molecule has 3 nitrogen and oxygen atoms in total. The fourth-order valence-electron chi connectivity index (χ4n) is 2.17. The third kappa shape index (κ3) is 3.77. The first kappa shape index (κ1) is 15.4. The number of hydrogen-bond acceptors (Lipinski definition) is 2. The molecule has 0 aliphatic rings. The smallest absolute Gasteiger partial charge is 0.379 e. The van der Waals surface area contributed by atoms with Gasteiger partial charge in [-0.15, -0.1) is 0 Å². The number of alkyl halides is 3. The van der Waals surface area contributed by atoms with Crippen molar-refractivity contribution < 1.29 is 13.2 Å². The Morgan fingerprint density at radius 3 is 2.71 bits per heavy atom. The Labute approximate surface area is 121 Å². The highest BCUT2D eigenvalue weighted by Crippen LogP contribution is 2.33. The normalized spacial score (nSPS) is 11.7. The van der Waals surface area contributed by atoms with Crippen LogP contribution in [-0.2, 0) is 19.3 Å². The fourth-order valence-corrected chi connectivity index (χ4v) is 2.17. The average molecular weight is 297 g/mol. The maximum absolute atomic E-state index is 12.9. The summed E-state index contributed by atoms with van der Waals surface area (Å²) in [7, 11) is 0. The maximum atomic E-state index is 12.9. The molecule has 0 aliphatic heterocycles. The van der Waals surface area contributed by atoms with Crippen molar-refractivity contribution in [2.75, 3.05) is 5.32 Å². The van der Waals surface area contributed by atoms with Crippen molar-refractivity contribution in [3.05, 3.63) is 47.5 Å². The van der Waals surface area contributed by atoms with Crippen LogP contribution < -0.4 is 5.32 Å². The Bertz CT molecular complexity index is 602. The van der Waals surface area contributed by atoms with Crippen LogP contribution >= 0.6 is 0 Å². The van der Waals surface area contributed by atoms with Gasteiger partial charge in [0.05, 0.1) is 24.1 Å². The van der Waals surface area contributed by atoms with Crippen molar-refractivity contribution in [1.29, 1.82) is 0 Å². The van der Waals surface area contributed by atoms with E-state index >= 15 is 0 Å². The highest BCUT2D eigenvalue weighted by Gasteiger charge is 2.32. The van der Waals surface area contributed by atoms with E-state index in [1.54, 1.807) is 18.6 Å². The third-order valence-electron chi connectivity index (χ3n) is 3.28. The van der Waals surface area contributed by atoms with Crippen LogP contribution in [0.2, 0.25) is 0 Å². The second-order valence-electron chi connectivity index (χ2n) is 4.96. The summed E-state index contributed by atoms with van der Waals surface area (Å²) in [5.41, 5.74) is 1.03. The van der Waals surface area contributed by atoms with Crippen molar-refractivity contribution in [2.24, 2.45) is 0 Å². The van der Waals surface area contributed by atoms with Gasteiger partial charge >= 0.3 is 6.18 Å². The fraction of sp³-hybridized carbons (Fsp3) is 0.400. The first-order valence-electron chi connectivity index (χ1n) is 6.82. The summed E-state index contributed by atoms with van der Waals surface area (Å²) in [6.07, 6.45) is 0.107. The summed E-state index contributed by atoms with van der Waals surface area (Å²) in [5.74, 6) is 0. The van der Waals surface area contributed by atoms with Crippen LogP contribution in [0.3, 0.4) is 0 Å². The molecule has 21 heavy (non-hydrogen) atoms. The molecule has 1 aromatic carbocycles. The van der Waals surface area contributed by atoms with Crippen LogP contribution in [0.5, 0.6) is 0 Å². The van der Waals surface area contributed by atoms with Gasteiger partial charge < -0.3 is 9.88 Å². The lowest BCUT2D eigenvalue weighted by atomic mass is 10.1. The van der Waals surface area contributed by atoms with Gasteiger partial charge in [-0.1, -0.05) is 13.0 Å². The monoisotopic (exact) mass is 297 g/mol. The molecule has 114 valence electrons. The molecule has 0 saturated carbocycles. The van der Waals surface area contributed by atoms with Crippen LogP contribution in [0.1, 0.15) is 30.2 Å². The molecule has 6 heteroatoms. The van der Waals surface area contributed by atoms with Gasteiger partial charge in [-0.25, -0.2) is 4.98 Å². The molecule has 1 aromatic heterocycles. The summed E-state index contributed by atoms with van der Waals surface area (Å²) in [6.45, 7) is 4.81. The zero-order valence-corrected chi connectivity index (χ0v) is 12.0. The molecule has 0 atom stereocenters. The second-order valence-corrected chi connectivity index (χ2v) is 4.96. The Morgan fingerprint density at radius 2 is 2.05 bits per heavy atom. The topological polar surface area (TPSA) is 29.9 Å². The molecule has 0 spiro atoms. The van der Waals surface area contributed by atoms with Crippen molar-refractivity contribution in [3.8, 4) is 0 Å². The first-order valence-corrected chi connectivity index (χ1v) is 6.82. The van der Waals surface area contributed by atoms with Crippen molar-refractivity contribution in [1.82, 2.24) is 9.55 Å². The first-order chi connectivity index (χ1) is 9.91. The maximum Gasteiger partial charge on any atom is 0.416 e. The summed E-state index contributed by atoms with van der Waals surface area (Å²) < 4.78 is 40.6. The Morgan fingerprint density at radius 1 is 1.29 bits per heavy atom. The lowest BCUT2D eigenvalue weighted by molar-refractivity contribution is -0.138. The van der Waals surface area contributed by atoms with Gasteiger partial charge in [0.15, 0.2) is 0 Å². The molecule has 0 saturated heterocycles. The van der Waals surface area contributed by atoms with E-state index in [2.05, 4.69) is 17.2 Å². The van der Waals surface area contributed by atoms with E-state index in [1.807, 2.05) is 4.57 Å². The SMILES string of the molecule is CCCn1cncc1CNc1ccc(C)c(C(F)(F)F)c1. The van der Waals surface area contributed by atoms with E-state index in [-0.39, 0.29) is 5.56 Å². The lowest BCUT2D eigenvalue weighted by Gasteiger charge is -2.14. The van der Waals surface area contributed by atoms with Crippen molar-refractivity contribution in [2.45, 2.75) is 39.5 Å². The Kier molecular flexibility index (Phi) is 4.55. The highest BCUT2D eigenvalue weighted by molar-refractivity contribution is 5.49. The number of nitrogens with zero attached hydrogens (tertiary/aromatic N) is 2. The van der Waals surface area contributed by atoms with Gasteiger partial charge in [-0.3, -0.25) is 0 Å². The number of aromatic nitrogens is 2. The molecule has 2 aromatic rings. The van der Waals surface area contributed by atoms with Crippen LogP contribution in [0.25, 0.3) is 0 Å². The number of anilines is 1. The van der Waals surface area contributed by atoms with Crippen LogP contribution in [-0.4, -0.2) is 9.55 Å². The number of nitrogens with one attached hydrogen (secondary N) is 1. The summed E-state index contributed by atoms with van der Waals surface area (Å²) in [4.78, 5) is 4.07. The number of imidazole rings is 1. The molecule has 1 N–H and O–H groups in total. The van der Waals surface area contributed by atoms with E-state index in [9.17, 15) is 13.2 Å². The summed E-state index contributed by atoms with van der Waals surface area (Å²) in [5, 5.41) is 3.02. The van der Waals surface area contributed by atoms with Gasteiger partial charge in [0.2, 0.25) is 0 Å². The number of benzene rings is 1. The van der Waals surface area contributed by atoms with Crippen LogP contribution in [0, 0.1) is 6.92 Å². The third-order valence-corrected chi connectivity index (χ3v) is 3.28. The summed E-state index contributed by atoms with van der Waals surface area (Å²) >= 11 is 0. The zero-order valence-electron chi connectivity index (χ0n) is 12.0. The minimum Gasteiger partial charge on any atom is -0.379 e. The van der Waals surface area contributed by atoms with E-state index in [4.69, 9.17) is 0 Å². The molecular formula is C15H18F3N3.